The van der Waals surface area contributed by atoms with E-state index in [9.17, 15) is 18.0 Å². The summed E-state index contributed by atoms with van der Waals surface area (Å²) in [6, 6.07) is 10.7. The lowest BCUT2D eigenvalue weighted by molar-refractivity contribution is -0.274. The number of nitrogens with one attached hydrogen (secondary N) is 1. The fourth-order valence-corrected chi connectivity index (χ4v) is 3.28. The summed E-state index contributed by atoms with van der Waals surface area (Å²) in [7, 11) is 0. The molecule has 0 fully saturated rings. The Hall–Kier alpha value is -2.74. The van der Waals surface area contributed by atoms with Gasteiger partial charge in [-0.05, 0) is 46.7 Å². The first-order chi connectivity index (χ1) is 12.4. The van der Waals surface area contributed by atoms with Crippen LogP contribution >= 0.6 is 11.3 Å². The molecule has 1 aromatic carbocycles. The van der Waals surface area contributed by atoms with Crippen LogP contribution in [-0.2, 0) is 4.79 Å². The monoisotopic (exact) mass is 380 g/mol. The second-order valence-corrected chi connectivity index (χ2v) is 6.31. The van der Waals surface area contributed by atoms with E-state index in [2.05, 4.69) is 10.1 Å². The van der Waals surface area contributed by atoms with Crippen LogP contribution in [0.2, 0.25) is 0 Å². The zero-order valence-electron chi connectivity index (χ0n) is 13.4. The van der Waals surface area contributed by atoms with Gasteiger partial charge in [0.2, 0.25) is 5.91 Å². The molecule has 2 aromatic heterocycles. The van der Waals surface area contributed by atoms with E-state index < -0.39 is 6.36 Å². The summed E-state index contributed by atoms with van der Waals surface area (Å²) in [5.41, 5.74) is 1.24. The number of halogens is 3. The molecule has 0 aliphatic heterocycles. The molecule has 8 heteroatoms. The van der Waals surface area contributed by atoms with Crippen LogP contribution in [0.4, 0.5) is 18.9 Å². The number of anilines is 1. The largest absolute Gasteiger partial charge is 0.573 e. The highest BCUT2D eigenvalue weighted by Crippen LogP contribution is 2.27. The number of carbonyl (C=O) groups is 1. The average molecular weight is 380 g/mol. The van der Waals surface area contributed by atoms with Crippen LogP contribution < -0.4 is 10.1 Å². The van der Waals surface area contributed by atoms with Crippen molar-refractivity contribution in [2.75, 3.05) is 5.32 Å². The number of carbonyl (C=O) groups excluding carboxylic acids is 1. The summed E-state index contributed by atoms with van der Waals surface area (Å²) in [5, 5.41) is 6.53. The Bertz CT molecular complexity index is 811. The van der Waals surface area contributed by atoms with Crippen molar-refractivity contribution in [2.45, 2.75) is 18.8 Å². The average Bonchev–Trinajstić information content (AvgIpc) is 3.25. The minimum Gasteiger partial charge on any atom is -0.406 e. The number of hydrogen-bond acceptors (Lipinski definition) is 3. The van der Waals surface area contributed by atoms with Gasteiger partial charge >= 0.3 is 6.36 Å². The van der Waals surface area contributed by atoms with Gasteiger partial charge in [-0.25, -0.2) is 0 Å². The van der Waals surface area contributed by atoms with Crippen molar-refractivity contribution in [1.29, 1.82) is 0 Å². The lowest BCUT2D eigenvalue weighted by Gasteiger charge is -2.18. The number of alkyl halides is 3. The fraction of sp³-hybridized carbons (Fsp3) is 0.167. The van der Waals surface area contributed by atoms with Crippen molar-refractivity contribution in [3.63, 3.8) is 0 Å². The highest BCUT2D eigenvalue weighted by Gasteiger charge is 2.31. The van der Waals surface area contributed by atoms with Crippen LogP contribution in [-0.4, -0.2) is 16.8 Å². The van der Waals surface area contributed by atoms with Crippen molar-refractivity contribution < 1.29 is 22.7 Å². The molecule has 0 aliphatic rings. The zero-order valence-corrected chi connectivity index (χ0v) is 14.3. The smallest absolute Gasteiger partial charge is 0.406 e. The predicted molar refractivity (Wildman–Crippen MR) is 93.3 cm³/mol. The number of hydrogen-bond donors (Lipinski definition) is 1. The van der Waals surface area contributed by atoms with E-state index in [1.807, 2.05) is 45.9 Å². The summed E-state index contributed by atoms with van der Waals surface area (Å²) >= 11 is 1.54. The summed E-state index contributed by atoms with van der Waals surface area (Å²) in [4.78, 5) is 12.4. The molecule has 2 heterocycles. The van der Waals surface area contributed by atoms with Crippen molar-refractivity contribution in [2.24, 2.45) is 0 Å². The van der Waals surface area contributed by atoms with Gasteiger partial charge in [-0.15, -0.1) is 13.2 Å². The van der Waals surface area contributed by atoms with Gasteiger partial charge in [0.1, 0.15) is 5.75 Å². The van der Waals surface area contributed by atoms with Crippen molar-refractivity contribution in [1.82, 2.24) is 4.57 Å². The summed E-state index contributed by atoms with van der Waals surface area (Å²) in [6.45, 7) is 0. The van der Waals surface area contributed by atoms with E-state index >= 15 is 0 Å². The van der Waals surface area contributed by atoms with Gasteiger partial charge in [0.25, 0.3) is 0 Å². The topological polar surface area (TPSA) is 43.3 Å². The third-order valence-electron chi connectivity index (χ3n) is 3.65. The molecule has 1 atom stereocenters. The number of amides is 1. The maximum absolute atomic E-state index is 12.4. The molecular formula is C18H15F3N2O2S. The number of rotatable bonds is 6. The molecule has 0 saturated carbocycles. The van der Waals surface area contributed by atoms with Crippen molar-refractivity contribution in [3.05, 3.63) is 71.2 Å². The quantitative estimate of drug-likeness (QED) is 0.649. The number of thiophene rings is 1. The predicted octanol–water partition coefficient (Wildman–Crippen LogP) is 5.07. The number of ether oxygens (including phenoxy) is 1. The molecule has 136 valence electrons. The number of benzene rings is 1. The van der Waals surface area contributed by atoms with E-state index in [4.69, 9.17) is 0 Å². The van der Waals surface area contributed by atoms with Crippen LogP contribution in [0.3, 0.4) is 0 Å². The van der Waals surface area contributed by atoms with E-state index in [1.54, 1.807) is 0 Å². The van der Waals surface area contributed by atoms with E-state index in [0.29, 0.717) is 0 Å². The van der Waals surface area contributed by atoms with E-state index in [0.717, 1.165) is 11.6 Å². The minimum atomic E-state index is -4.78. The van der Waals surface area contributed by atoms with Gasteiger partial charge in [0.15, 0.2) is 0 Å². The summed E-state index contributed by atoms with van der Waals surface area (Å²) in [5.74, 6) is -0.686. The van der Waals surface area contributed by atoms with Crippen LogP contribution in [0.15, 0.2) is 65.6 Å². The van der Waals surface area contributed by atoms with Crippen molar-refractivity contribution >= 4 is 22.9 Å². The number of aromatic nitrogens is 1. The SMILES string of the molecule is O=C(C[C@@H](c1ccsc1)n1cccc1)Nc1cccc(OC(F)(F)F)c1. The lowest BCUT2D eigenvalue weighted by Crippen LogP contribution is -2.20. The van der Waals surface area contributed by atoms with Crippen LogP contribution in [0.1, 0.15) is 18.0 Å². The molecule has 1 N–H and O–H groups in total. The Morgan fingerprint density at radius 1 is 1.19 bits per heavy atom. The van der Waals surface area contributed by atoms with E-state index in [1.165, 1.54) is 29.5 Å². The highest BCUT2D eigenvalue weighted by atomic mass is 32.1. The Kier molecular flexibility index (Phi) is 5.32. The van der Waals surface area contributed by atoms with Crippen LogP contribution in [0.5, 0.6) is 5.75 Å². The molecule has 1 amide bonds. The zero-order chi connectivity index (χ0) is 18.6. The first kappa shape index (κ1) is 18.1. The molecule has 3 aromatic rings. The second kappa shape index (κ2) is 7.65. The minimum absolute atomic E-state index is 0.149. The lowest BCUT2D eigenvalue weighted by atomic mass is 10.1. The van der Waals surface area contributed by atoms with Crippen LogP contribution in [0, 0.1) is 0 Å². The molecule has 0 aliphatic carbocycles. The number of nitrogens with zero attached hydrogens (tertiary/aromatic N) is 1. The van der Waals surface area contributed by atoms with Gasteiger partial charge in [0, 0.05) is 24.1 Å². The molecule has 0 radical (unpaired) electrons. The Labute approximate surface area is 151 Å². The van der Waals surface area contributed by atoms with Gasteiger partial charge in [0.05, 0.1) is 12.5 Å². The maximum Gasteiger partial charge on any atom is 0.573 e. The molecule has 0 saturated heterocycles. The third-order valence-corrected chi connectivity index (χ3v) is 4.35. The molecular weight excluding hydrogens is 365 g/mol. The van der Waals surface area contributed by atoms with Gasteiger partial charge < -0.3 is 14.6 Å². The Balaban J connectivity index is 1.70. The highest BCUT2D eigenvalue weighted by molar-refractivity contribution is 7.08. The molecule has 4 nitrogen and oxygen atoms in total. The van der Waals surface area contributed by atoms with Gasteiger partial charge in [-0.3, -0.25) is 4.79 Å². The molecule has 0 spiro atoms. The third kappa shape index (κ3) is 4.89. The maximum atomic E-state index is 12.4. The molecule has 0 unspecified atom stereocenters. The Morgan fingerprint density at radius 3 is 2.62 bits per heavy atom. The molecule has 0 bridgehead atoms. The Morgan fingerprint density at radius 2 is 1.96 bits per heavy atom. The van der Waals surface area contributed by atoms with Crippen molar-refractivity contribution in [3.8, 4) is 5.75 Å². The first-order valence-electron chi connectivity index (χ1n) is 7.71. The van der Waals surface area contributed by atoms with Gasteiger partial charge in [-0.1, -0.05) is 6.07 Å². The van der Waals surface area contributed by atoms with Crippen LogP contribution in [0.25, 0.3) is 0 Å². The summed E-state index contributed by atoms with van der Waals surface area (Å²) < 4.78 is 42.7. The standard InChI is InChI=1S/C18H15F3N2O2S/c19-18(20,21)25-15-5-3-4-14(10-15)22-17(24)11-16(13-6-9-26-12-13)23-7-1-2-8-23/h1-10,12,16H,11H2,(H,22,24)/t16-/m0/s1. The van der Waals surface area contributed by atoms with Gasteiger partial charge in [-0.2, -0.15) is 11.3 Å². The summed E-state index contributed by atoms with van der Waals surface area (Å²) in [6.07, 6.45) is -0.891. The van der Waals surface area contributed by atoms with E-state index in [-0.39, 0.29) is 29.8 Å². The first-order valence-corrected chi connectivity index (χ1v) is 8.65. The molecule has 3 rings (SSSR count). The normalized spacial score (nSPS) is 12.6. The fourth-order valence-electron chi connectivity index (χ4n) is 2.57. The molecule has 26 heavy (non-hydrogen) atoms. The second-order valence-electron chi connectivity index (χ2n) is 5.53.